The molecule has 12 rings (SSSR count). The minimum absolute atomic E-state index is 1.09. The summed E-state index contributed by atoms with van der Waals surface area (Å²) in [6.07, 6.45) is 0. The topological polar surface area (TPSA) is 8.17 Å². The Balaban J connectivity index is 0.921. The van der Waals surface area contributed by atoms with Crippen molar-refractivity contribution in [3.8, 4) is 50.2 Å². The van der Waals surface area contributed by atoms with Gasteiger partial charge in [0.1, 0.15) is 0 Å². The average Bonchev–Trinajstić information content (AvgIpc) is 3.91. The second-order valence-electron chi connectivity index (χ2n) is 16.1. The Hall–Kier alpha value is -7.98. The Morgan fingerprint density at radius 3 is 1.59 bits per heavy atom. The van der Waals surface area contributed by atoms with Gasteiger partial charge in [0.15, 0.2) is 0 Å². The first-order valence-electron chi connectivity index (χ1n) is 21.5. The maximum Gasteiger partial charge on any atom is 0.0547 e. The van der Waals surface area contributed by atoms with E-state index in [-0.39, 0.29) is 0 Å². The highest BCUT2D eigenvalue weighted by atomic mass is 32.1. The molecule has 0 aliphatic rings. The number of fused-ring (bicyclic) bond motifs is 6. The highest BCUT2D eigenvalue weighted by molar-refractivity contribution is 7.26. The quantitative estimate of drug-likeness (QED) is 0.148. The van der Waals surface area contributed by atoms with E-state index in [4.69, 9.17) is 0 Å². The first kappa shape index (κ1) is 36.8. The van der Waals surface area contributed by atoms with Crippen LogP contribution in [-0.2, 0) is 0 Å². The molecule has 12 aromatic rings. The largest absolute Gasteiger partial charge is 0.310 e. The van der Waals surface area contributed by atoms with Gasteiger partial charge in [-0.15, -0.1) is 11.3 Å². The van der Waals surface area contributed by atoms with Crippen LogP contribution in [0.1, 0.15) is 0 Å². The number of aromatic nitrogens is 1. The molecule has 0 radical (unpaired) electrons. The van der Waals surface area contributed by atoms with Gasteiger partial charge in [0.05, 0.1) is 11.0 Å². The molecule has 0 bridgehead atoms. The van der Waals surface area contributed by atoms with Crippen molar-refractivity contribution in [2.45, 2.75) is 0 Å². The van der Waals surface area contributed by atoms with Gasteiger partial charge in [0.2, 0.25) is 0 Å². The molecule has 0 spiro atoms. The maximum atomic E-state index is 2.38. The predicted molar refractivity (Wildman–Crippen MR) is 270 cm³/mol. The molecule has 2 aromatic heterocycles. The van der Waals surface area contributed by atoms with Crippen LogP contribution in [0.5, 0.6) is 0 Å². The number of anilines is 3. The highest BCUT2D eigenvalue weighted by Crippen LogP contribution is 2.42. The smallest absolute Gasteiger partial charge is 0.0547 e. The highest BCUT2D eigenvalue weighted by Gasteiger charge is 2.17. The standard InChI is InChI=1S/C60H40N2S/c1-3-14-41(15-4-1)45-17-12-21-51(39-45)61(49-33-28-42(29-34-49)44-16-11-18-47(38-44)52-24-13-25-56-55-23-8-10-27-59(55)63-60(52)56)50-35-30-43(31-36-50)46-32-37-54-53-22-7-9-26-57(53)62(58(54)40-46)48-19-5-2-6-20-48/h1-40H. The van der Waals surface area contributed by atoms with Crippen molar-refractivity contribution in [2.75, 3.05) is 4.90 Å². The number of thiophene rings is 1. The van der Waals surface area contributed by atoms with E-state index in [9.17, 15) is 0 Å². The Labute approximate surface area is 370 Å². The monoisotopic (exact) mass is 820 g/mol. The van der Waals surface area contributed by atoms with Crippen molar-refractivity contribution in [1.29, 1.82) is 0 Å². The maximum absolute atomic E-state index is 2.38. The summed E-state index contributed by atoms with van der Waals surface area (Å²) in [6, 6.07) is 88.2. The van der Waals surface area contributed by atoms with Crippen LogP contribution in [0.2, 0.25) is 0 Å². The molecule has 0 aliphatic heterocycles. The molecule has 0 saturated heterocycles. The predicted octanol–water partition coefficient (Wildman–Crippen LogP) is 17.3. The minimum Gasteiger partial charge on any atom is -0.310 e. The van der Waals surface area contributed by atoms with Gasteiger partial charge in [-0.25, -0.2) is 0 Å². The van der Waals surface area contributed by atoms with Gasteiger partial charge in [-0.05, 0) is 117 Å². The van der Waals surface area contributed by atoms with Crippen molar-refractivity contribution in [1.82, 2.24) is 4.57 Å². The zero-order chi connectivity index (χ0) is 41.7. The van der Waals surface area contributed by atoms with Gasteiger partial charge in [-0.3, -0.25) is 0 Å². The summed E-state index contributed by atoms with van der Waals surface area (Å²) in [5.74, 6) is 0. The lowest BCUT2D eigenvalue weighted by molar-refractivity contribution is 1.18. The summed E-state index contributed by atoms with van der Waals surface area (Å²) >= 11 is 1.88. The van der Waals surface area contributed by atoms with Crippen molar-refractivity contribution in [3.05, 3.63) is 243 Å². The van der Waals surface area contributed by atoms with Crippen molar-refractivity contribution in [3.63, 3.8) is 0 Å². The number of hydrogen-bond donors (Lipinski definition) is 0. The summed E-state index contributed by atoms with van der Waals surface area (Å²) < 4.78 is 5.04. The Kier molecular flexibility index (Phi) is 9.06. The lowest BCUT2D eigenvalue weighted by Gasteiger charge is -2.26. The van der Waals surface area contributed by atoms with Crippen molar-refractivity contribution >= 4 is 70.4 Å². The van der Waals surface area contributed by atoms with Gasteiger partial charge in [-0.2, -0.15) is 0 Å². The number of rotatable bonds is 8. The zero-order valence-electron chi connectivity index (χ0n) is 34.4. The molecule has 0 amide bonds. The number of nitrogens with zero attached hydrogens (tertiary/aromatic N) is 2. The third-order valence-corrected chi connectivity index (χ3v) is 13.6. The van der Waals surface area contributed by atoms with Crippen LogP contribution in [0, 0.1) is 0 Å². The molecule has 296 valence electrons. The first-order valence-corrected chi connectivity index (χ1v) is 22.3. The average molecular weight is 821 g/mol. The molecule has 0 saturated carbocycles. The van der Waals surface area contributed by atoms with E-state index in [0.29, 0.717) is 0 Å². The van der Waals surface area contributed by atoms with E-state index in [0.717, 1.165) is 22.7 Å². The van der Waals surface area contributed by atoms with E-state index in [1.54, 1.807) is 0 Å². The molecule has 2 heterocycles. The zero-order valence-corrected chi connectivity index (χ0v) is 35.2. The second-order valence-corrected chi connectivity index (χ2v) is 17.2. The second kappa shape index (κ2) is 15.5. The summed E-state index contributed by atoms with van der Waals surface area (Å²) in [5.41, 5.74) is 16.5. The number of benzene rings is 10. The van der Waals surface area contributed by atoms with Crippen LogP contribution in [0.25, 0.3) is 92.2 Å². The van der Waals surface area contributed by atoms with Crippen LogP contribution in [0.15, 0.2) is 243 Å². The van der Waals surface area contributed by atoms with Gasteiger partial charge in [0, 0.05) is 53.7 Å². The van der Waals surface area contributed by atoms with E-state index >= 15 is 0 Å². The van der Waals surface area contributed by atoms with Crippen LogP contribution in [0.4, 0.5) is 17.1 Å². The number of hydrogen-bond acceptors (Lipinski definition) is 2. The third kappa shape index (κ3) is 6.58. The fourth-order valence-electron chi connectivity index (χ4n) is 9.35. The molecular weight excluding hydrogens is 781 g/mol. The Morgan fingerprint density at radius 1 is 0.302 bits per heavy atom. The fraction of sp³-hybridized carbons (Fsp3) is 0. The van der Waals surface area contributed by atoms with Crippen molar-refractivity contribution in [2.24, 2.45) is 0 Å². The summed E-state index contributed by atoms with van der Waals surface area (Å²) in [7, 11) is 0. The molecule has 0 fully saturated rings. The fourth-order valence-corrected chi connectivity index (χ4v) is 10.6. The SMILES string of the molecule is c1ccc(-c2cccc(N(c3ccc(-c4cccc(-c5cccc6c5sc5ccccc56)c4)cc3)c3ccc(-c4ccc5c6ccccc6n(-c6ccccc6)c5c4)cc3)c2)cc1. The summed E-state index contributed by atoms with van der Waals surface area (Å²) in [6.45, 7) is 0. The molecule has 2 nitrogen and oxygen atoms in total. The minimum atomic E-state index is 1.09. The van der Waals surface area contributed by atoms with Gasteiger partial charge in [-0.1, -0.05) is 170 Å². The molecule has 0 N–H and O–H groups in total. The molecule has 3 heteroatoms. The molecule has 10 aromatic carbocycles. The molecule has 0 aliphatic carbocycles. The lowest BCUT2D eigenvalue weighted by atomic mass is 9.97. The molecule has 63 heavy (non-hydrogen) atoms. The summed E-state index contributed by atoms with van der Waals surface area (Å²) in [5, 5.41) is 5.16. The van der Waals surface area contributed by atoms with E-state index in [2.05, 4.69) is 252 Å². The lowest BCUT2D eigenvalue weighted by Crippen LogP contribution is -2.10. The Bertz CT molecular complexity index is 3600. The van der Waals surface area contributed by atoms with Crippen LogP contribution in [0.3, 0.4) is 0 Å². The molecule has 0 unspecified atom stereocenters. The van der Waals surface area contributed by atoms with E-state index in [1.165, 1.54) is 86.5 Å². The molecular formula is C60H40N2S. The van der Waals surface area contributed by atoms with Gasteiger partial charge in [0.25, 0.3) is 0 Å². The summed E-state index contributed by atoms with van der Waals surface area (Å²) in [4.78, 5) is 2.37. The van der Waals surface area contributed by atoms with E-state index < -0.39 is 0 Å². The Morgan fingerprint density at radius 2 is 0.825 bits per heavy atom. The van der Waals surface area contributed by atoms with Crippen LogP contribution in [-0.4, -0.2) is 4.57 Å². The van der Waals surface area contributed by atoms with E-state index in [1.807, 2.05) is 11.3 Å². The molecule has 0 atom stereocenters. The third-order valence-electron chi connectivity index (χ3n) is 12.4. The van der Waals surface area contributed by atoms with Crippen molar-refractivity contribution < 1.29 is 0 Å². The van der Waals surface area contributed by atoms with Crippen LogP contribution >= 0.6 is 11.3 Å². The number of para-hydroxylation sites is 2. The van der Waals surface area contributed by atoms with Gasteiger partial charge < -0.3 is 9.47 Å². The first-order chi connectivity index (χ1) is 31.2. The normalized spacial score (nSPS) is 11.5. The van der Waals surface area contributed by atoms with Crippen LogP contribution < -0.4 is 4.90 Å². The van der Waals surface area contributed by atoms with Gasteiger partial charge >= 0.3 is 0 Å².